The maximum absolute atomic E-state index is 9.42. The van der Waals surface area contributed by atoms with Gasteiger partial charge in [0.2, 0.25) is 0 Å². The maximum Gasteiger partial charge on any atom is 0.134 e. The highest BCUT2D eigenvalue weighted by atomic mass is 79.9. The average Bonchev–Trinajstić information content (AvgIpc) is 3.11. The van der Waals surface area contributed by atoms with Crippen LogP contribution in [-0.2, 0) is 0 Å². The third kappa shape index (κ3) is 2.70. The zero-order chi connectivity index (χ0) is 13.9. The first-order valence-electron chi connectivity index (χ1n) is 6.62. The molecule has 0 unspecified atom stereocenters. The number of nitrogens with zero attached hydrogens (tertiary/aromatic N) is 2. The number of allylic oxidation sites excluding steroid dienone is 2. The van der Waals surface area contributed by atoms with Crippen LogP contribution in [0.25, 0.3) is 16.8 Å². The number of rotatable bonds is 2. The molecule has 0 bridgehead atoms. The fraction of sp³-hybridized carbons (Fsp3) is 0.250. The molecule has 1 heterocycles. The number of hydrogen-bond donors (Lipinski definition) is 0. The van der Waals surface area contributed by atoms with E-state index in [1.807, 2.05) is 29.6 Å². The molecular formula is C16H13BrN2S. The third-order valence-corrected chi connectivity index (χ3v) is 4.86. The summed E-state index contributed by atoms with van der Waals surface area (Å²) in [5.41, 5.74) is 4.10. The second-order valence-electron chi connectivity index (χ2n) is 4.85. The number of halogens is 1. The van der Waals surface area contributed by atoms with Crippen molar-refractivity contribution in [3.05, 3.63) is 44.7 Å². The average molecular weight is 345 g/mol. The smallest absolute Gasteiger partial charge is 0.134 e. The lowest BCUT2D eigenvalue weighted by atomic mass is 10.1. The Morgan fingerprint density at radius 3 is 2.80 bits per heavy atom. The van der Waals surface area contributed by atoms with Gasteiger partial charge in [0.05, 0.1) is 11.3 Å². The molecule has 0 radical (unpaired) electrons. The zero-order valence-electron chi connectivity index (χ0n) is 10.9. The molecule has 1 aliphatic rings. The summed E-state index contributed by atoms with van der Waals surface area (Å²) in [6, 6.07) is 10.4. The summed E-state index contributed by atoms with van der Waals surface area (Å²) >= 11 is 5.04. The Bertz CT molecular complexity index is 701. The molecule has 0 atom stereocenters. The third-order valence-electron chi connectivity index (χ3n) is 3.51. The van der Waals surface area contributed by atoms with E-state index in [9.17, 15) is 5.26 Å². The van der Waals surface area contributed by atoms with Crippen molar-refractivity contribution in [1.29, 1.82) is 5.26 Å². The molecule has 3 rings (SSSR count). The minimum absolute atomic E-state index is 0.800. The second kappa shape index (κ2) is 5.90. The predicted octanol–water partition coefficient (Wildman–Crippen LogP) is 5.42. The molecule has 1 aliphatic carbocycles. The number of thiazole rings is 1. The molecular weight excluding hydrogens is 332 g/mol. The molecule has 1 aromatic carbocycles. The van der Waals surface area contributed by atoms with E-state index in [-0.39, 0.29) is 0 Å². The van der Waals surface area contributed by atoms with Crippen LogP contribution in [0.15, 0.2) is 39.7 Å². The first-order chi connectivity index (χ1) is 9.78. The Balaban J connectivity index is 1.98. The lowest BCUT2D eigenvalue weighted by Crippen LogP contribution is -1.86. The van der Waals surface area contributed by atoms with Gasteiger partial charge >= 0.3 is 0 Å². The van der Waals surface area contributed by atoms with Crippen LogP contribution in [-0.4, -0.2) is 4.98 Å². The van der Waals surface area contributed by atoms with Gasteiger partial charge in [-0.15, -0.1) is 11.3 Å². The highest BCUT2D eigenvalue weighted by molar-refractivity contribution is 9.10. The fourth-order valence-corrected chi connectivity index (χ4v) is 3.77. The molecule has 2 aromatic rings. The van der Waals surface area contributed by atoms with Gasteiger partial charge < -0.3 is 0 Å². The monoisotopic (exact) mass is 344 g/mol. The maximum atomic E-state index is 9.42. The quantitative estimate of drug-likeness (QED) is 0.681. The summed E-state index contributed by atoms with van der Waals surface area (Å²) in [5.74, 6) is 0. The first kappa shape index (κ1) is 13.5. The molecule has 1 saturated carbocycles. The van der Waals surface area contributed by atoms with Gasteiger partial charge in [-0.3, -0.25) is 0 Å². The Hall–Kier alpha value is -1.44. The highest BCUT2D eigenvalue weighted by Gasteiger charge is 2.17. The molecule has 1 fully saturated rings. The van der Waals surface area contributed by atoms with E-state index >= 15 is 0 Å². The second-order valence-corrected chi connectivity index (χ2v) is 6.62. The molecule has 20 heavy (non-hydrogen) atoms. The SMILES string of the molecule is N#CC(=C1CCCC1)c1nc(-c2cccc(Br)c2)cs1. The van der Waals surface area contributed by atoms with Crippen LogP contribution in [0, 0.1) is 11.3 Å². The topological polar surface area (TPSA) is 36.7 Å². The standard InChI is InChI=1S/C16H13BrN2S/c17-13-7-3-6-12(8-13)15-10-20-16(19-15)14(9-18)11-4-1-2-5-11/h3,6-8,10H,1-2,4-5H2. The van der Waals surface area contributed by atoms with Gasteiger partial charge in [0, 0.05) is 15.4 Å². The lowest BCUT2D eigenvalue weighted by Gasteiger charge is -1.99. The lowest BCUT2D eigenvalue weighted by molar-refractivity contribution is 0.886. The first-order valence-corrected chi connectivity index (χ1v) is 8.29. The number of aromatic nitrogens is 1. The van der Waals surface area contributed by atoms with Crippen molar-refractivity contribution in [1.82, 2.24) is 4.98 Å². The van der Waals surface area contributed by atoms with Crippen molar-refractivity contribution in [2.45, 2.75) is 25.7 Å². The molecule has 0 amide bonds. The number of hydrogen-bond acceptors (Lipinski definition) is 3. The molecule has 100 valence electrons. The summed E-state index contributed by atoms with van der Waals surface area (Å²) in [6.45, 7) is 0. The number of nitriles is 1. The van der Waals surface area contributed by atoms with Crippen LogP contribution in [0.4, 0.5) is 0 Å². The summed E-state index contributed by atoms with van der Waals surface area (Å²) < 4.78 is 1.04. The van der Waals surface area contributed by atoms with Gasteiger partial charge in [-0.1, -0.05) is 28.1 Å². The predicted molar refractivity (Wildman–Crippen MR) is 86.3 cm³/mol. The van der Waals surface area contributed by atoms with Crippen LogP contribution in [0.2, 0.25) is 0 Å². The van der Waals surface area contributed by atoms with Crippen molar-refractivity contribution in [3.8, 4) is 17.3 Å². The van der Waals surface area contributed by atoms with Gasteiger partial charge in [0.25, 0.3) is 0 Å². The Labute approximate surface area is 130 Å². The van der Waals surface area contributed by atoms with E-state index in [0.717, 1.165) is 39.2 Å². The minimum Gasteiger partial charge on any atom is -0.235 e. The molecule has 0 saturated heterocycles. The number of benzene rings is 1. The van der Waals surface area contributed by atoms with E-state index in [2.05, 4.69) is 27.0 Å². The minimum atomic E-state index is 0.800. The van der Waals surface area contributed by atoms with Crippen molar-refractivity contribution < 1.29 is 0 Å². The Morgan fingerprint density at radius 2 is 2.10 bits per heavy atom. The largest absolute Gasteiger partial charge is 0.235 e. The Kier molecular flexibility index (Phi) is 4.00. The summed E-state index contributed by atoms with van der Waals surface area (Å²) in [5, 5.41) is 12.3. The van der Waals surface area contributed by atoms with Crippen LogP contribution in [0.5, 0.6) is 0 Å². The van der Waals surface area contributed by atoms with E-state index < -0.39 is 0 Å². The molecule has 2 nitrogen and oxygen atoms in total. The van der Waals surface area contributed by atoms with Crippen LogP contribution in [0.1, 0.15) is 30.7 Å². The molecule has 0 aliphatic heterocycles. The Morgan fingerprint density at radius 1 is 1.30 bits per heavy atom. The van der Waals surface area contributed by atoms with Crippen molar-refractivity contribution in [2.75, 3.05) is 0 Å². The van der Waals surface area contributed by atoms with E-state index in [4.69, 9.17) is 0 Å². The molecule has 1 aromatic heterocycles. The van der Waals surface area contributed by atoms with Gasteiger partial charge in [-0.05, 0) is 43.4 Å². The van der Waals surface area contributed by atoms with Crippen LogP contribution < -0.4 is 0 Å². The molecule has 0 spiro atoms. The van der Waals surface area contributed by atoms with Crippen molar-refractivity contribution >= 4 is 32.8 Å². The van der Waals surface area contributed by atoms with Crippen molar-refractivity contribution in [2.24, 2.45) is 0 Å². The van der Waals surface area contributed by atoms with E-state index in [1.54, 1.807) is 11.3 Å². The van der Waals surface area contributed by atoms with Crippen molar-refractivity contribution in [3.63, 3.8) is 0 Å². The molecule has 0 N–H and O–H groups in total. The van der Waals surface area contributed by atoms with Gasteiger partial charge in [0.15, 0.2) is 0 Å². The van der Waals surface area contributed by atoms with E-state index in [0.29, 0.717) is 0 Å². The van der Waals surface area contributed by atoms with Crippen LogP contribution >= 0.6 is 27.3 Å². The fourth-order valence-electron chi connectivity index (χ4n) is 2.50. The highest BCUT2D eigenvalue weighted by Crippen LogP contribution is 2.34. The summed E-state index contributed by atoms with van der Waals surface area (Å²) in [4.78, 5) is 4.65. The van der Waals surface area contributed by atoms with Gasteiger partial charge in [-0.25, -0.2) is 4.98 Å². The van der Waals surface area contributed by atoms with Gasteiger partial charge in [0.1, 0.15) is 11.1 Å². The van der Waals surface area contributed by atoms with Crippen LogP contribution in [0.3, 0.4) is 0 Å². The summed E-state index contributed by atoms with van der Waals surface area (Å²) in [6.07, 6.45) is 4.50. The summed E-state index contributed by atoms with van der Waals surface area (Å²) in [7, 11) is 0. The zero-order valence-corrected chi connectivity index (χ0v) is 13.3. The van der Waals surface area contributed by atoms with Gasteiger partial charge in [-0.2, -0.15) is 5.26 Å². The molecule has 4 heteroatoms. The normalized spacial score (nSPS) is 14.3. The van der Waals surface area contributed by atoms with E-state index in [1.165, 1.54) is 18.4 Å².